The minimum Gasteiger partial charge on any atom is -0.362 e. The number of halogens is 1. The van der Waals surface area contributed by atoms with Crippen LogP contribution in [0, 0.1) is 5.92 Å². The fourth-order valence-electron chi connectivity index (χ4n) is 2.73. The molecule has 3 atom stereocenters. The molecule has 4 heteroatoms. The highest BCUT2D eigenvalue weighted by molar-refractivity contribution is 6.31. The number of rotatable bonds is 2. The molecule has 0 radical (unpaired) electrons. The van der Waals surface area contributed by atoms with Gasteiger partial charge < -0.3 is 10.1 Å². The number of ether oxygens (including phenoxy) is 1. The lowest BCUT2D eigenvalue weighted by Crippen LogP contribution is -2.51. The largest absolute Gasteiger partial charge is 0.362 e. The first-order valence-corrected chi connectivity index (χ1v) is 7.11. The zero-order valence-corrected chi connectivity index (χ0v) is 11.7. The van der Waals surface area contributed by atoms with Gasteiger partial charge in [-0.15, -0.1) is 0 Å². The van der Waals surface area contributed by atoms with Gasteiger partial charge in [0.25, 0.3) is 0 Å². The summed E-state index contributed by atoms with van der Waals surface area (Å²) in [5, 5.41) is 3.81. The van der Waals surface area contributed by atoms with E-state index in [0.717, 1.165) is 17.0 Å². The van der Waals surface area contributed by atoms with Gasteiger partial charge in [-0.1, -0.05) is 54.1 Å². The summed E-state index contributed by atoms with van der Waals surface area (Å²) in [5.41, 5.74) is 1.09. The number of carbonyl (C=O) groups is 1. The first-order valence-electron chi connectivity index (χ1n) is 6.74. The van der Waals surface area contributed by atoms with Crippen LogP contribution in [0.25, 0.3) is 0 Å². The average Bonchev–Trinajstić information content (AvgIpc) is 2.49. The second-order valence-corrected chi connectivity index (χ2v) is 5.52. The van der Waals surface area contributed by atoms with Crippen molar-refractivity contribution in [2.24, 2.45) is 5.92 Å². The third kappa shape index (κ3) is 2.79. The predicted octanol–water partition coefficient (Wildman–Crippen LogP) is 2.94. The molecule has 0 spiro atoms. The minimum absolute atomic E-state index is 0.0590. The molecule has 3 rings (SSSR count). The van der Waals surface area contributed by atoms with Gasteiger partial charge >= 0.3 is 0 Å². The van der Waals surface area contributed by atoms with Crippen molar-refractivity contribution in [1.29, 1.82) is 0 Å². The Morgan fingerprint density at radius 1 is 1.25 bits per heavy atom. The SMILES string of the molecule is O=C1COC(c2ccccc2)C(C2C=CC(Cl)=CC2)N1. The second kappa shape index (κ2) is 5.81. The molecular formula is C16H16ClNO2. The number of amides is 1. The molecule has 0 aromatic heterocycles. The molecule has 1 fully saturated rings. The van der Waals surface area contributed by atoms with E-state index in [9.17, 15) is 4.79 Å². The van der Waals surface area contributed by atoms with Crippen LogP contribution < -0.4 is 5.32 Å². The van der Waals surface area contributed by atoms with Crippen LogP contribution in [-0.4, -0.2) is 18.6 Å². The Labute approximate surface area is 123 Å². The molecule has 0 bridgehead atoms. The van der Waals surface area contributed by atoms with Crippen LogP contribution in [0.4, 0.5) is 0 Å². The lowest BCUT2D eigenvalue weighted by molar-refractivity contribution is -0.138. The van der Waals surface area contributed by atoms with E-state index in [1.165, 1.54) is 0 Å². The topological polar surface area (TPSA) is 38.3 Å². The van der Waals surface area contributed by atoms with E-state index in [0.29, 0.717) is 0 Å². The van der Waals surface area contributed by atoms with E-state index in [4.69, 9.17) is 16.3 Å². The van der Waals surface area contributed by atoms with Crippen molar-refractivity contribution < 1.29 is 9.53 Å². The summed E-state index contributed by atoms with van der Waals surface area (Å²) in [5.74, 6) is 0.142. The molecule has 20 heavy (non-hydrogen) atoms. The maximum absolute atomic E-state index is 11.7. The highest BCUT2D eigenvalue weighted by Crippen LogP contribution is 2.32. The van der Waals surface area contributed by atoms with Crippen molar-refractivity contribution in [3.63, 3.8) is 0 Å². The second-order valence-electron chi connectivity index (χ2n) is 5.08. The molecule has 1 aromatic rings. The Morgan fingerprint density at radius 2 is 2.05 bits per heavy atom. The normalized spacial score (nSPS) is 29.8. The lowest BCUT2D eigenvalue weighted by atomic mass is 9.85. The highest BCUT2D eigenvalue weighted by atomic mass is 35.5. The Hall–Kier alpha value is -1.58. The fraction of sp³-hybridized carbons (Fsp3) is 0.312. The standard InChI is InChI=1S/C16H16ClNO2/c17-13-8-6-11(7-9-13)15-16(20-10-14(19)18-15)12-4-2-1-3-5-12/h1-6,8-9,11,15-16H,7,10H2,(H,18,19). The van der Waals surface area contributed by atoms with E-state index >= 15 is 0 Å². The Kier molecular flexibility index (Phi) is 3.90. The molecule has 1 amide bonds. The molecule has 0 saturated carbocycles. The maximum Gasteiger partial charge on any atom is 0.246 e. The van der Waals surface area contributed by atoms with Crippen LogP contribution in [0.2, 0.25) is 0 Å². The molecule has 1 aromatic carbocycles. The van der Waals surface area contributed by atoms with E-state index in [2.05, 4.69) is 11.4 Å². The van der Waals surface area contributed by atoms with Crippen molar-refractivity contribution in [3.8, 4) is 0 Å². The van der Waals surface area contributed by atoms with Gasteiger partial charge in [-0.3, -0.25) is 4.79 Å². The summed E-state index contributed by atoms with van der Waals surface area (Å²) in [6, 6.07) is 9.95. The Bertz CT molecular complexity index is 553. The Morgan fingerprint density at radius 3 is 2.75 bits per heavy atom. The van der Waals surface area contributed by atoms with Crippen molar-refractivity contribution in [1.82, 2.24) is 5.32 Å². The molecule has 1 aliphatic heterocycles. The monoisotopic (exact) mass is 289 g/mol. The van der Waals surface area contributed by atoms with Crippen molar-refractivity contribution in [2.45, 2.75) is 18.6 Å². The van der Waals surface area contributed by atoms with Crippen molar-refractivity contribution in [3.05, 3.63) is 59.2 Å². The third-order valence-electron chi connectivity index (χ3n) is 3.72. The zero-order chi connectivity index (χ0) is 13.9. The van der Waals surface area contributed by atoms with Crippen LogP contribution >= 0.6 is 11.6 Å². The molecule has 104 valence electrons. The molecule has 3 unspecified atom stereocenters. The average molecular weight is 290 g/mol. The van der Waals surface area contributed by atoms with Crippen LogP contribution in [0.1, 0.15) is 18.1 Å². The van der Waals surface area contributed by atoms with Gasteiger partial charge in [0.15, 0.2) is 0 Å². The van der Waals surface area contributed by atoms with E-state index < -0.39 is 0 Å². The van der Waals surface area contributed by atoms with Gasteiger partial charge in [-0.05, 0) is 18.1 Å². The van der Waals surface area contributed by atoms with Crippen LogP contribution in [0.3, 0.4) is 0 Å². The minimum atomic E-state index is -0.117. The van der Waals surface area contributed by atoms with E-state index in [1.54, 1.807) is 0 Å². The highest BCUT2D eigenvalue weighted by Gasteiger charge is 2.35. The summed E-state index contributed by atoms with van der Waals surface area (Å²) < 4.78 is 5.77. The lowest BCUT2D eigenvalue weighted by Gasteiger charge is -2.37. The van der Waals surface area contributed by atoms with Crippen LogP contribution in [0.15, 0.2) is 53.6 Å². The number of hydrogen-bond donors (Lipinski definition) is 1. The van der Waals surface area contributed by atoms with Gasteiger partial charge in [-0.2, -0.15) is 0 Å². The summed E-state index contributed by atoms with van der Waals surface area (Å²) in [6.07, 6.45) is 6.62. The van der Waals surface area contributed by atoms with Gasteiger partial charge in [0.1, 0.15) is 12.7 Å². The third-order valence-corrected chi connectivity index (χ3v) is 4.01. The number of nitrogens with one attached hydrogen (secondary N) is 1. The molecular weight excluding hydrogens is 274 g/mol. The molecule has 1 aliphatic carbocycles. The van der Waals surface area contributed by atoms with Crippen molar-refractivity contribution >= 4 is 17.5 Å². The number of benzene rings is 1. The van der Waals surface area contributed by atoms with Crippen molar-refractivity contribution in [2.75, 3.05) is 6.61 Å². The zero-order valence-electron chi connectivity index (χ0n) is 11.0. The summed E-state index contributed by atoms with van der Waals surface area (Å²) in [4.78, 5) is 11.7. The smallest absolute Gasteiger partial charge is 0.246 e. The number of allylic oxidation sites excluding steroid dienone is 3. The predicted molar refractivity (Wildman–Crippen MR) is 78.2 cm³/mol. The molecule has 2 aliphatic rings. The molecule has 3 nitrogen and oxygen atoms in total. The van der Waals surface area contributed by atoms with E-state index in [1.807, 2.05) is 42.5 Å². The molecule has 1 saturated heterocycles. The van der Waals surface area contributed by atoms with Gasteiger partial charge in [-0.25, -0.2) is 0 Å². The summed E-state index contributed by atoms with van der Waals surface area (Å²) >= 11 is 5.96. The fourth-order valence-corrected chi connectivity index (χ4v) is 2.89. The molecule has 1 N–H and O–H groups in total. The number of hydrogen-bond acceptors (Lipinski definition) is 2. The van der Waals surface area contributed by atoms with Gasteiger partial charge in [0.2, 0.25) is 5.91 Å². The van der Waals surface area contributed by atoms with Gasteiger partial charge in [0.05, 0.1) is 6.04 Å². The van der Waals surface area contributed by atoms with Crippen LogP contribution in [0.5, 0.6) is 0 Å². The first kappa shape index (κ1) is 13.4. The quantitative estimate of drug-likeness (QED) is 0.909. The summed E-state index contributed by atoms with van der Waals surface area (Å²) in [7, 11) is 0. The summed E-state index contributed by atoms with van der Waals surface area (Å²) in [6.45, 7) is 0.114. The number of morpholine rings is 1. The van der Waals surface area contributed by atoms with E-state index in [-0.39, 0.29) is 30.6 Å². The molecule has 1 heterocycles. The van der Waals surface area contributed by atoms with Gasteiger partial charge in [0, 0.05) is 11.0 Å². The maximum atomic E-state index is 11.7. The number of carbonyl (C=O) groups excluding carboxylic acids is 1. The van der Waals surface area contributed by atoms with Crippen LogP contribution in [-0.2, 0) is 9.53 Å². The Balaban J connectivity index is 1.84. The first-order chi connectivity index (χ1) is 9.74.